The maximum absolute atomic E-state index is 13.6. The van der Waals surface area contributed by atoms with Gasteiger partial charge in [0.15, 0.2) is 0 Å². The molecule has 1 N–H and O–H groups in total. The summed E-state index contributed by atoms with van der Waals surface area (Å²) in [5, 5.41) is 3.57. The molecular weight excluding hydrogens is 384 g/mol. The van der Waals surface area contributed by atoms with Gasteiger partial charge in [-0.05, 0) is 48.6 Å². The van der Waals surface area contributed by atoms with Crippen LogP contribution < -0.4 is 10.2 Å². The fourth-order valence-corrected chi connectivity index (χ4v) is 5.71. The van der Waals surface area contributed by atoms with E-state index >= 15 is 0 Å². The quantitative estimate of drug-likeness (QED) is 0.601. The minimum Gasteiger partial charge on any atom is -0.357 e. The first-order valence-electron chi connectivity index (χ1n) is 11.7. The number of amides is 1. The third kappa shape index (κ3) is 3.75. The number of Topliss-reactive ketones (excluding diaryl/α,β-unsaturated/α-hetero) is 1. The predicted molar refractivity (Wildman–Crippen MR) is 127 cm³/mol. The Labute approximate surface area is 186 Å². The standard InChI is InChI=1S/C27H36N2O2/c1-7-24(31)29-21-11-9-8-10-19(21)28-20-15-26(3,4)16-23(30)25(20)22(29)14-18-13-12-17(2)27(18,5)6/h8-12,15,18,22,25,28H,7,13-14,16H2,1-6H3. The number of nitrogens with one attached hydrogen (secondary N) is 1. The van der Waals surface area contributed by atoms with Crippen LogP contribution in [0, 0.1) is 22.7 Å². The van der Waals surface area contributed by atoms with E-state index in [4.69, 9.17) is 0 Å². The number of carbonyl (C=O) groups excluding carboxylic acids is 2. The van der Waals surface area contributed by atoms with E-state index in [0.29, 0.717) is 18.8 Å². The molecule has 0 radical (unpaired) electrons. The topological polar surface area (TPSA) is 49.4 Å². The smallest absolute Gasteiger partial charge is 0.227 e. The van der Waals surface area contributed by atoms with Crippen LogP contribution in [0.3, 0.4) is 0 Å². The Morgan fingerprint density at radius 2 is 1.90 bits per heavy atom. The number of hydrogen-bond donors (Lipinski definition) is 1. The van der Waals surface area contributed by atoms with E-state index in [1.807, 2.05) is 36.1 Å². The minimum absolute atomic E-state index is 0.0705. The van der Waals surface area contributed by atoms with Crippen LogP contribution in [0.5, 0.6) is 0 Å². The summed E-state index contributed by atoms with van der Waals surface area (Å²) in [6.45, 7) is 12.9. The first-order valence-corrected chi connectivity index (χ1v) is 11.7. The summed E-state index contributed by atoms with van der Waals surface area (Å²) >= 11 is 0. The van der Waals surface area contributed by atoms with E-state index in [-0.39, 0.29) is 34.5 Å². The van der Waals surface area contributed by atoms with E-state index in [1.54, 1.807) is 0 Å². The van der Waals surface area contributed by atoms with Crippen LogP contribution in [0.15, 0.2) is 47.7 Å². The van der Waals surface area contributed by atoms with Gasteiger partial charge in [-0.1, -0.05) is 64.5 Å². The third-order valence-electron chi connectivity index (χ3n) is 7.86. The molecule has 1 amide bonds. The minimum atomic E-state index is -0.312. The van der Waals surface area contributed by atoms with Gasteiger partial charge in [0, 0.05) is 18.5 Å². The van der Waals surface area contributed by atoms with Crippen molar-refractivity contribution in [2.45, 2.75) is 73.3 Å². The van der Waals surface area contributed by atoms with E-state index in [9.17, 15) is 9.59 Å². The number of fused-ring (bicyclic) bond motifs is 2. The van der Waals surface area contributed by atoms with Gasteiger partial charge in [-0.15, -0.1) is 0 Å². The number of ketones is 1. The average Bonchev–Trinajstić information content (AvgIpc) is 2.86. The molecule has 3 atom stereocenters. The zero-order valence-corrected chi connectivity index (χ0v) is 19.8. The van der Waals surface area contributed by atoms with Crippen LogP contribution in [-0.4, -0.2) is 17.7 Å². The van der Waals surface area contributed by atoms with Gasteiger partial charge in [0.05, 0.1) is 23.3 Å². The zero-order valence-electron chi connectivity index (χ0n) is 19.8. The van der Waals surface area contributed by atoms with Gasteiger partial charge in [-0.2, -0.15) is 0 Å². The molecule has 0 aromatic heterocycles. The Kier molecular flexibility index (Phi) is 5.39. The van der Waals surface area contributed by atoms with E-state index in [1.165, 1.54) is 5.57 Å². The van der Waals surface area contributed by atoms with Gasteiger partial charge >= 0.3 is 0 Å². The predicted octanol–water partition coefficient (Wildman–Crippen LogP) is 6.11. The number of allylic oxidation sites excluding steroid dienone is 3. The number of rotatable bonds is 3. The molecule has 0 fully saturated rings. The summed E-state index contributed by atoms with van der Waals surface area (Å²) in [6.07, 6.45) is 7.31. The molecule has 1 aliphatic heterocycles. The van der Waals surface area contributed by atoms with Gasteiger partial charge in [-0.25, -0.2) is 0 Å². The number of nitrogens with zero attached hydrogens (tertiary/aromatic N) is 1. The van der Waals surface area contributed by atoms with Gasteiger partial charge in [0.25, 0.3) is 0 Å². The molecule has 0 saturated carbocycles. The van der Waals surface area contributed by atoms with E-state index in [0.717, 1.165) is 29.9 Å². The number of benzene rings is 1. The summed E-state index contributed by atoms with van der Waals surface area (Å²) < 4.78 is 0. The summed E-state index contributed by atoms with van der Waals surface area (Å²) in [5.74, 6) is 0.410. The first kappa shape index (κ1) is 21.9. The lowest BCUT2D eigenvalue weighted by molar-refractivity contribution is -0.125. The molecular formula is C27H36N2O2. The van der Waals surface area contributed by atoms with Crippen molar-refractivity contribution in [2.24, 2.45) is 22.7 Å². The molecule has 4 rings (SSSR count). The first-order chi connectivity index (χ1) is 14.5. The lowest BCUT2D eigenvalue weighted by Gasteiger charge is -2.42. The SMILES string of the molecule is CCC(=O)N1c2ccccc2NC2=CC(C)(C)CC(=O)C2C1CC1CC=C(C)C1(C)C. The highest BCUT2D eigenvalue weighted by atomic mass is 16.2. The van der Waals surface area contributed by atoms with Gasteiger partial charge in [0.1, 0.15) is 5.78 Å². The van der Waals surface area contributed by atoms with Gasteiger partial charge in [0.2, 0.25) is 5.91 Å². The Morgan fingerprint density at radius 3 is 2.55 bits per heavy atom. The molecule has 2 aliphatic carbocycles. The Bertz CT molecular complexity index is 969. The van der Waals surface area contributed by atoms with E-state index < -0.39 is 0 Å². The van der Waals surface area contributed by atoms with Crippen molar-refractivity contribution in [3.8, 4) is 0 Å². The second-order valence-corrected chi connectivity index (χ2v) is 10.8. The molecule has 4 heteroatoms. The van der Waals surface area contributed by atoms with Crippen LogP contribution in [0.4, 0.5) is 11.4 Å². The Morgan fingerprint density at radius 1 is 1.19 bits per heavy atom. The van der Waals surface area contributed by atoms with Crippen molar-refractivity contribution in [1.82, 2.24) is 0 Å². The maximum atomic E-state index is 13.6. The molecule has 1 heterocycles. The van der Waals surface area contributed by atoms with Crippen LogP contribution in [0.25, 0.3) is 0 Å². The molecule has 1 aromatic rings. The van der Waals surface area contributed by atoms with Crippen molar-refractivity contribution in [3.63, 3.8) is 0 Å². The fraction of sp³-hybridized carbons (Fsp3) is 0.556. The normalized spacial score (nSPS) is 28.6. The maximum Gasteiger partial charge on any atom is 0.227 e. The summed E-state index contributed by atoms with van der Waals surface area (Å²) in [4.78, 5) is 28.9. The second-order valence-electron chi connectivity index (χ2n) is 10.8. The van der Waals surface area contributed by atoms with Crippen LogP contribution in [0.1, 0.15) is 67.2 Å². The molecule has 1 aromatic carbocycles. The molecule has 0 saturated heterocycles. The number of para-hydroxylation sites is 2. The third-order valence-corrected chi connectivity index (χ3v) is 7.86. The molecule has 3 unspecified atom stereocenters. The lowest BCUT2D eigenvalue weighted by Crippen LogP contribution is -2.50. The van der Waals surface area contributed by atoms with Gasteiger partial charge < -0.3 is 10.2 Å². The molecule has 166 valence electrons. The molecule has 0 bridgehead atoms. The fourth-order valence-electron chi connectivity index (χ4n) is 5.71. The van der Waals surface area contributed by atoms with E-state index in [2.05, 4.69) is 52.1 Å². The van der Waals surface area contributed by atoms with Crippen molar-refractivity contribution >= 4 is 23.1 Å². The van der Waals surface area contributed by atoms with Crippen molar-refractivity contribution in [2.75, 3.05) is 10.2 Å². The summed E-state index contributed by atoms with van der Waals surface area (Å²) in [6, 6.07) is 7.82. The lowest BCUT2D eigenvalue weighted by atomic mass is 9.69. The highest BCUT2D eigenvalue weighted by Gasteiger charge is 2.47. The average molecular weight is 421 g/mol. The number of anilines is 2. The zero-order chi connectivity index (χ0) is 22.6. The van der Waals surface area contributed by atoms with Crippen molar-refractivity contribution in [1.29, 1.82) is 0 Å². The molecule has 3 aliphatic rings. The van der Waals surface area contributed by atoms with Gasteiger partial charge in [-0.3, -0.25) is 9.59 Å². The molecule has 31 heavy (non-hydrogen) atoms. The van der Waals surface area contributed by atoms with Crippen LogP contribution in [0.2, 0.25) is 0 Å². The summed E-state index contributed by atoms with van der Waals surface area (Å²) in [7, 11) is 0. The molecule has 0 spiro atoms. The monoisotopic (exact) mass is 420 g/mol. The highest BCUT2D eigenvalue weighted by Crippen LogP contribution is 2.50. The van der Waals surface area contributed by atoms with Crippen LogP contribution in [-0.2, 0) is 9.59 Å². The van der Waals surface area contributed by atoms with Crippen LogP contribution >= 0.6 is 0 Å². The molecule has 4 nitrogen and oxygen atoms in total. The number of hydrogen-bond acceptors (Lipinski definition) is 3. The highest BCUT2D eigenvalue weighted by molar-refractivity contribution is 6.00. The largest absolute Gasteiger partial charge is 0.357 e. The second kappa shape index (κ2) is 7.65. The Balaban J connectivity index is 1.86. The van der Waals surface area contributed by atoms with Crippen molar-refractivity contribution in [3.05, 3.63) is 47.7 Å². The van der Waals surface area contributed by atoms with Crippen molar-refractivity contribution < 1.29 is 9.59 Å². The summed E-state index contributed by atoms with van der Waals surface area (Å²) in [5.41, 5.74) is 4.05. The number of carbonyl (C=O) groups is 2. The Hall–Kier alpha value is -2.36.